The molecule has 0 unspecified atom stereocenters. The summed E-state index contributed by atoms with van der Waals surface area (Å²) in [4.78, 5) is 2.30. The minimum absolute atomic E-state index is 0.845. The van der Waals surface area contributed by atoms with Crippen molar-refractivity contribution in [3.63, 3.8) is 0 Å². The van der Waals surface area contributed by atoms with E-state index in [1.54, 1.807) is 0 Å². The number of aryl methyl sites for hydroxylation is 1. The molecule has 15 heavy (non-hydrogen) atoms. The van der Waals surface area contributed by atoms with E-state index in [-0.39, 0.29) is 0 Å². The second kappa shape index (κ2) is 4.99. The standard InChI is InChI=1S/C13H17NO/c1-12-4-2-3-5-13(12)6-7-14-8-10-15-11-9-14/h2-7H,8-11H2,1H3/b7-6+. The van der Waals surface area contributed by atoms with Gasteiger partial charge >= 0.3 is 0 Å². The quantitative estimate of drug-likeness (QED) is 0.731. The molecule has 1 saturated heterocycles. The Morgan fingerprint density at radius 3 is 2.67 bits per heavy atom. The van der Waals surface area contributed by atoms with Crippen molar-refractivity contribution in [3.8, 4) is 0 Å². The van der Waals surface area contributed by atoms with Crippen LogP contribution in [0.25, 0.3) is 6.08 Å². The summed E-state index contributed by atoms with van der Waals surface area (Å²) in [5, 5.41) is 0. The van der Waals surface area contributed by atoms with Crippen LogP contribution < -0.4 is 0 Å². The summed E-state index contributed by atoms with van der Waals surface area (Å²) in [5.41, 5.74) is 2.62. The SMILES string of the molecule is Cc1ccccc1/C=C/N1CCOCC1. The molecule has 0 atom stereocenters. The summed E-state index contributed by atoms with van der Waals surface area (Å²) in [6.07, 6.45) is 4.35. The Hall–Kier alpha value is -1.28. The van der Waals surface area contributed by atoms with Gasteiger partial charge in [0.05, 0.1) is 13.2 Å². The third-order valence-corrected chi connectivity index (χ3v) is 2.70. The number of ether oxygens (including phenoxy) is 1. The van der Waals surface area contributed by atoms with E-state index in [4.69, 9.17) is 4.74 Å². The van der Waals surface area contributed by atoms with Crippen molar-refractivity contribution in [1.82, 2.24) is 4.90 Å². The van der Waals surface area contributed by atoms with Gasteiger partial charge in [0.2, 0.25) is 0 Å². The smallest absolute Gasteiger partial charge is 0.0642 e. The molecule has 0 spiro atoms. The van der Waals surface area contributed by atoms with Crippen LogP contribution in [0.5, 0.6) is 0 Å². The van der Waals surface area contributed by atoms with Crippen LogP contribution in [-0.2, 0) is 4.74 Å². The highest BCUT2D eigenvalue weighted by Crippen LogP contribution is 2.10. The second-order valence-electron chi connectivity index (χ2n) is 3.82. The van der Waals surface area contributed by atoms with Crippen molar-refractivity contribution in [2.45, 2.75) is 6.92 Å². The van der Waals surface area contributed by atoms with E-state index in [2.05, 4.69) is 48.4 Å². The molecule has 2 rings (SSSR count). The lowest BCUT2D eigenvalue weighted by molar-refractivity contribution is 0.0597. The van der Waals surface area contributed by atoms with Crippen LogP contribution in [0.15, 0.2) is 30.5 Å². The van der Waals surface area contributed by atoms with E-state index in [9.17, 15) is 0 Å². The van der Waals surface area contributed by atoms with Crippen LogP contribution in [0, 0.1) is 6.92 Å². The number of hydrogen-bond acceptors (Lipinski definition) is 2. The highest BCUT2D eigenvalue weighted by Gasteiger charge is 2.04. The fraction of sp³-hybridized carbons (Fsp3) is 0.385. The zero-order valence-corrected chi connectivity index (χ0v) is 9.15. The maximum Gasteiger partial charge on any atom is 0.0642 e. The van der Waals surface area contributed by atoms with Gasteiger partial charge in [-0.2, -0.15) is 0 Å². The monoisotopic (exact) mass is 203 g/mol. The summed E-state index contributed by atoms with van der Waals surface area (Å²) in [6.45, 7) is 5.83. The first kappa shape index (κ1) is 10.2. The van der Waals surface area contributed by atoms with Gasteiger partial charge in [0.1, 0.15) is 0 Å². The summed E-state index contributed by atoms with van der Waals surface area (Å²) in [7, 11) is 0. The third-order valence-electron chi connectivity index (χ3n) is 2.70. The summed E-state index contributed by atoms with van der Waals surface area (Å²) in [5.74, 6) is 0. The average Bonchev–Trinajstić information content (AvgIpc) is 2.29. The van der Waals surface area contributed by atoms with Crippen LogP contribution in [0.4, 0.5) is 0 Å². The molecule has 0 N–H and O–H groups in total. The van der Waals surface area contributed by atoms with E-state index in [0.29, 0.717) is 0 Å². The van der Waals surface area contributed by atoms with E-state index >= 15 is 0 Å². The molecule has 2 heteroatoms. The van der Waals surface area contributed by atoms with Crippen LogP contribution >= 0.6 is 0 Å². The molecule has 0 saturated carbocycles. The zero-order valence-electron chi connectivity index (χ0n) is 9.15. The van der Waals surface area contributed by atoms with Crippen molar-refractivity contribution in [2.75, 3.05) is 26.3 Å². The van der Waals surface area contributed by atoms with Gasteiger partial charge < -0.3 is 9.64 Å². The van der Waals surface area contributed by atoms with E-state index in [1.165, 1.54) is 11.1 Å². The Balaban J connectivity index is 2.01. The first-order valence-corrected chi connectivity index (χ1v) is 5.42. The number of hydrogen-bond donors (Lipinski definition) is 0. The van der Waals surface area contributed by atoms with E-state index < -0.39 is 0 Å². The molecule has 2 nitrogen and oxygen atoms in total. The predicted octanol–water partition coefficient (Wildman–Crippen LogP) is 2.30. The molecule has 0 bridgehead atoms. The van der Waals surface area contributed by atoms with Gasteiger partial charge in [-0.25, -0.2) is 0 Å². The first-order chi connectivity index (χ1) is 7.36. The van der Waals surface area contributed by atoms with Crippen molar-refractivity contribution in [2.24, 2.45) is 0 Å². The maximum atomic E-state index is 5.30. The van der Waals surface area contributed by atoms with Crippen LogP contribution in [0.1, 0.15) is 11.1 Å². The van der Waals surface area contributed by atoms with Crippen molar-refractivity contribution < 1.29 is 4.74 Å². The molecular formula is C13H17NO. The molecule has 0 amide bonds. The molecule has 0 aromatic heterocycles. The minimum Gasteiger partial charge on any atom is -0.378 e. The fourth-order valence-corrected chi connectivity index (χ4v) is 1.69. The van der Waals surface area contributed by atoms with E-state index in [1.807, 2.05) is 0 Å². The average molecular weight is 203 g/mol. The number of rotatable bonds is 2. The van der Waals surface area contributed by atoms with Gasteiger partial charge in [0.25, 0.3) is 0 Å². The lowest BCUT2D eigenvalue weighted by Crippen LogP contribution is -2.31. The highest BCUT2D eigenvalue weighted by atomic mass is 16.5. The summed E-state index contributed by atoms with van der Waals surface area (Å²) >= 11 is 0. The van der Waals surface area contributed by atoms with Gasteiger partial charge in [-0.3, -0.25) is 0 Å². The van der Waals surface area contributed by atoms with Gasteiger partial charge in [-0.05, 0) is 30.3 Å². The lowest BCUT2D eigenvalue weighted by atomic mass is 10.1. The zero-order chi connectivity index (χ0) is 10.5. The van der Waals surface area contributed by atoms with Gasteiger partial charge in [0.15, 0.2) is 0 Å². The molecule has 1 fully saturated rings. The Labute approximate surface area is 91.2 Å². The Morgan fingerprint density at radius 1 is 1.20 bits per heavy atom. The van der Waals surface area contributed by atoms with Crippen molar-refractivity contribution >= 4 is 6.08 Å². The number of nitrogens with zero attached hydrogens (tertiary/aromatic N) is 1. The molecule has 0 radical (unpaired) electrons. The molecule has 80 valence electrons. The topological polar surface area (TPSA) is 12.5 Å². The van der Waals surface area contributed by atoms with Crippen molar-refractivity contribution in [1.29, 1.82) is 0 Å². The fourth-order valence-electron chi connectivity index (χ4n) is 1.69. The minimum atomic E-state index is 0.845. The van der Waals surface area contributed by atoms with Gasteiger partial charge in [-0.1, -0.05) is 24.3 Å². The molecule has 1 aromatic rings. The molecule has 1 aliphatic rings. The molecule has 1 aromatic carbocycles. The van der Waals surface area contributed by atoms with Gasteiger partial charge in [-0.15, -0.1) is 0 Å². The number of benzene rings is 1. The molecular weight excluding hydrogens is 186 g/mol. The van der Waals surface area contributed by atoms with Gasteiger partial charge in [0, 0.05) is 13.1 Å². The number of morpholine rings is 1. The summed E-state index contributed by atoms with van der Waals surface area (Å²) in [6, 6.07) is 8.43. The Kier molecular flexibility index (Phi) is 3.41. The molecule has 1 heterocycles. The van der Waals surface area contributed by atoms with Crippen LogP contribution in [0.3, 0.4) is 0 Å². The lowest BCUT2D eigenvalue weighted by Gasteiger charge is -2.25. The highest BCUT2D eigenvalue weighted by molar-refractivity contribution is 5.52. The normalized spacial score (nSPS) is 17.3. The Bertz CT molecular complexity index is 340. The van der Waals surface area contributed by atoms with E-state index in [0.717, 1.165) is 26.3 Å². The maximum absolute atomic E-state index is 5.30. The summed E-state index contributed by atoms with van der Waals surface area (Å²) < 4.78 is 5.30. The predicted molar refractivity (Wildman–Crippen MR) is 62.6 cm³/mol. The van der Waals surface area contributed by atoms with Crippen LogP contribution in [-0.4, -0.2) is 31.2 Å². The third kappa shape index (κ3) is 2.83. The Morgan fingerprint density at radius 2 is 1.93 bits per heavy atom. The molecule has 0 aliphatic carbocycles. The largest absolute Gasteiger partial charge is 0.378 e. The second-order valence-corrected chi connectivity index (χ2v) is 3.82. The molecule has 1 aliphatic heterocycles. The van der Waals surface area contributed by atoms with Crippen LogP contribution in [0.2, 0.25) is 0 Å². The van der Waals surface area contributed by atoms with Crippen molar-refractivity contribution in [3.05, 3.63) is 41.6 Å². The first-order valence-electron chi connectivity index (χ1n) is 5.42.